The Hall–Kier alpha value is -0.530. The third-order valence-corrected chi connectivity index (χ3v) is 5.68. The summed E-state index contributed by atoms with van der Waals surface area (Å²) in [6.07, 6.45) is 3.89. The predicted molar refractivity (Wildman–Crippen MR) is 51.6 cm³/mol. The molecule has 0 aromatic carbocycles. The first kappa shape index (κ1) is 13.5. The third-order valence-electron chi connectivity index (χ3n) is 1.82. The van der Waals surface area contributed by atoms with E-state index in [4.69, 9.17) is 19.9 Å². The number of imidazole rings is 1. The second-order valence-corrected chi connectivity index (χ2v) is 7.10. The molecular weight excluding hydrogens is 262 g/mol. The van der Waals surface area contributed by atoms with Crippen LogP contribution in [-0.4, -0.2) is 34.9 Å². The molecule has 92 valence electrons. The molecule has 0 spiro atoms. The Morgan fingerprint density at radius 2 is 2.00 bits per heavy atom. The van der Waals surface area contributed by atoms with Crippen molar-refractivity contribution in [2.24, 2.45) is 0 Å². The summed E-state index contributed by atoms with van der Waals surface area (Å²) in [6.45, 7) is -0.501. The summed E-state index contributed by atoms with van der Waals surface area (Å²) in [5.41, 5.74) is 0. The van der Waals surface area contributed by atoms with Crippen molar-refractivity contribution in [3.05, 3.63) is 18.7 Å². The lowest BCUT2D eigenvalue weighted by molar-refractivity contribution is -0.146. The van der Waals surface area contributed by atoms with E-state index >= 15 is 0 Å². The quantitative estimate of drug-likeness (QED) is 0.335. The summed E-state index contributed by atoms with van der Waals surface area (Å²) in [6, 6.07) is 0. The largest absolute Gasteiger partial charge is 0.371 e. The number of aromatic nitrogens is 2. The molecule has 0 fully saturated rings. The fraction of sp³-hybridized carbons (Fsp3) is 0.400. The molecule has 0 aliphatic heterocycles. The van der Waals surface area contributed by atoms with Crippen LogP contribution in [0.15, 0.2) is 18.7 Å². The summed E-state index contributed by atoms with van der Waals surface area (Å²) < 4.78 is 26.7. The zero-order valence-corrected chi connectivity index (χ0v) is 9.61. The van der Waals surface area contributed by atoms with E-state index in [0.29, 0.717) is 0 Å². The highest BCUT2D eigenvalue weighted by Gasteiger charge is 2.46. The van der Waals surface area contributed by atoms with Crippen LogP contribution in [0.5, 0.6) is 0 Å². The van der Waals surface area contributed by atoms with E-state index in [1.165, 1.54) is 23.3 Å². The molecule has 0 saturated carbocycles. The van der Waals surface area contributed by atoms with E-state index < -0.39 is 27.1 Å². The molecule has 4 N–H and O–H groups in total. The Labute approximate surface area is 89.9 Å². The first-order valence-corrected chi connectivity index (χ1v) is 7.27. The molecule has 9 nitrogen and oxygen atoms in total. The minimum atomic E-state index is -4.90. The van der Waals surface area contributed by atoms with Gasteiger partial charge in [0.05, 0.1) is 6.33 Å². The second-order valence-electron chi connectivity index (χ2n) is 2.97. The number of nitrogens with zero attached hydrogens (tertiary/aromatic N) is 2. The van der Waals surface area contributed by atoms with E-state index in [1.54, 1.807) is 0 Å². The maximum atomic E-state index is 11.2. The molecule has 11 heteroatoms. The van der Waals surface area contributed by atoms with Gasteiger partial charge in [-0.15, -0.1) is 0 Å². The van der Waals surface area contributed by atoms with Crippen molar-refractivity contribution in [3.63, 3.8) is 0 Å². The fourth-order valence-corrected chi connectivity index (χ4v) is 3.59. The van der Waals surface area contributed by atoms with Gasteiger partial charge in [0.15, 0.2) is 5.40 Å². The molecule has 0 radical (unpaired) electrons. The molecule has 0 aliphatic carbocycles. The molecule has 0 saturated heterocycles. The molecule has 1 rings (SSSR count). The molecule has 16 heavy (non-hydrogen) atoms. The van der Waals surface area contributed by atoms with Gasteiger partial charge in [0, 0.05) is 18.9 Å². The van der Waals surface area contributed by atoms with Crippen LogP contribution < -0.4 is 0 Å². The predicted octanol–water partition coefficient (Wildman–Crippen LogP) is 0.0619. The minimum Gasteiger partial charge on any atom is -0.336 e. The Balaban J connectivity index is 2.99. The van der Waals surface area contributed by atoms with Crippen LogP contribution in [0, 0.1) is 0 Å². The standard InChI is InChI=1S/C5H10N2O7P2/c8-14-16(12,13)5(15(9,10)11)3-7-2-1-6-4-7/h1-2,4-5,8H,3H2,(H,12,13)(H2,9,10,11). The van der Waals surface area contributed by atoms with Crippen LogP contribution in [0.2, 0.25) is 0 Å². The van der Waals surface area contributed by atoms with Crippen molar-refractivity contribution in [3.8, 4) is 0 Å². The van der Waals surface area contributed by atoms with Gasteiger partial charge in [-0.05, 0) is 0 Å². The molecular formula is C5H10N2O7P2. The summed E-state index contributed by atoms with van der Waals surface area (Å²) in [7, 11) is -9.70. The Kier molecular flexibility index (Phi) is 4.03. The van der Waals surface area contributed by atoms with Gasteiger partial charge in [-0.2, -0.15) is 4.67 Å². The minimum absolute atomic E-state index is 0.501. The monoisotopic (exact) mass is 272 g/mol. The van der Waals surface area contributed by atoms with Crippen molar-refractivity contribution < 1.29 is 33.7 Å². The van der Waals surface area contributed by atoms with Gasteiger partial charge < -0.3 is 19.2 Å². The van der Waals surface area contributed by atoms with Gasteiger partial charge >= 0.3 is 15.2 Å². The van der Waals surface area contributed by atoms with Crippen molar-refractivity contribution in [2.45, 2.75) is 11.9 Å². The number of hydrogen-bond acceptors (Lipinski definition) is 5. The van der Waals surface area contributed by atoms with Crippen LogP contribution in [0.4, 0.5) is 0 Å². The van der Waals surface area contributed by atoms with E-state index in [9.17, 15) is 9.13 Å². The third kappa shape index (κ3) is 3.23. The highest BCUT2D eigenvalue weighted by Crippen LogP contribution is 2.62. The van der Waals surface area contributed by atoms with Crippen LogP contribution in [0.3, 0.4) is 0 Å². The van der Waals surface area contributed by atoms with Crippen LogP contribution in [0.1, 0.15) is 0 Å². The van der Waals surface area contributed by atoms with Crippen molar-refractivity contribution in [2.75, 3.05) is 0 Å². The summed E-state index contributed by atoms with van der Waals surface area (Å²) in [4.78, 5) is 30.5. The van der Waals surface area contributed by atoms with E-state index in [-0.39, 0.29) is 0 Å². The number of hydrogen-bond donors (Lipinski definition) is 4. The molecule has 0 amide bonds. The van der Waals surface area contributed by atoms with E-state index in [0.717, 1.165) is 0 Å². The summed E-state index contributed by atoms with van der Waals surface area (Å²) >= 11 is 0. The Morgan fingerprint density at radius 1 is 1.38 bits per heavy atom. The normalized spacial score (nSPS) is 18.0. The lowest BCUT2D eigenvalue weighted by Gasteiger charge is -2.20. The van der Waals surface area contributed by atoms with Crippen molar-refractivity contribution >= 4 is 15.2 Å². The van der Waals surface area contributed by atoms with Gasteiger partial charge in [0.25, 0.3) is 0 Å². The first-order valence-electron chi connectivity index (χ1n) is 3.94. The lowest BCUT2D eigenvalue weighted by Crippen LogP contribution is -2.17. The summed E-state index contributed by atoms with van der Waals surface area (Å²) in [5.74, 6) is 0. The highest BCUT2D eigenvalue weighted by molar-refractivity contribution is 7.71. The topological polar surface area (TPSA) is 142 Å². The molecule has 0 bridgehead atoms. The Morgan fingerprint density at radius 3 is 2.38 bits per heavy atom. The molecule has 0 aliphatic rings. The van der Waals surface area contributed by atoms with Crippen LogP contribution in [-0.2, 0) is 20.3 Å². The van der Waals surface area contributed by atoms with Crippen LogP contribution >= 0.6 is 15.2 Å². The van der Waals surface area contributed by atoms with Gasteiger partial charge in [0.1, 0.15) is 0 Å². The van der Waals surface area contributed by atoms with Gasteiger partial charge in [-0.1, -0.05) is 0 Å². The molecule has 1 heterocycles. The summed E-state index contributed by atoms with van der Waals surface area (Å²) in [5, 5.41) is 6.13. The van der Waals surface area contributed by atoms with Gasteiger partial charge in [0.2, 0.25) is 0 Å². The smallest absolute Gasteiger partial charge is 0.336 e. The zero-order valence-electron chi connectivity index (χ0n) is 7.82. The van der Waals surface area contributed by atoms with Crippen molar-refractivity contribution in [1.29, 1.82) is 0 Å². The highest BCUT2D eigenvalue weighted by atomic mass is 31.2. The van der Waals surface area contributed by atoms with Gasteiger partial charge in [-0.3, -0.25) is 9.13 Å². The van der Waals surface area contributed by atoms with Crippen molar-refractivity contribution in [1.82, 2.24) is 9.55 Å². The Bertz CT molecular complexity index is 426. The maximum absolute atomic E-state index is 11.2. The average Bonchev–Trinajstić information content (AvgIpc) is 2.64. The zero-order chi connectivity index (χ0) is 12.4. The first-order chi connectivity index (χ1) is 7.27. The lowest BCUT2D eigenvalue weighted by atomic mass is 10.7. The second kappa shape index (κ2) is 4.77. The fourth-order valence-electron chi connectivity index (χ4n) is 1.04. The molecule has 1 aromatic heterocycles. The molecule has 2 atom stereocenters. The molecule has 2 unspecified atom stereocenters. The maximum Gasteiger partial charge on any atom is 0.371 e. The molecule has 1 aromatic rings. The van der Waals surface area contributed by atoms with Gasteiger partial charge in [-0.25, -0.2) is 10.2 Å². The van der Waals surface area contributed by atoms with E-state index in [1.807, 2.05) is 0 Å². The SMILES string of the molecule is O=P(O)(O)C(Cn1ccnc1)P(=O)(O)OO. The number of rotatable bonds is 5. The van der Waals surface area contributed by atoms with Crippen LogP contribution in [0.25, 0.3) is 0 Å². The average molecular weight is 272 g/mol. The van der Waals surface area contributed by atoms with E-state index in [2.05, 4.69) is 9.66 Å².